The summed E-state index contributed by atoms with van der Waals surface area (Å²) in [5, 5.41) is 15.6. The Balaban J connectivity index is 0.000000582. The molecular formula is C24H28O9. The van der Waals surface area contributed by atoms with Crippen molar-refractivity contribution in [2.24, 2.45) is 0 Å². The molecule has 0 fully saturated rings. The molecule has 2 aromatic rings. The zero-order valence-corrected chi connectivity index (χ0v) is 18.9. The highest BCUT2D eigenvalue weighted by Gasteiger charge is 2.19. The third kappa shape index (κ3) is 8.94. The Morgan fingerprint density at radius 3 is 1.79 bits per heavy atom. The van der Waals surface area contributed by atoms with Crippen LogP contribution < -0.4 is 14.2 Å². The fourth-order valence-electron chi connectivity index (χ4n) is 2.78. The normalized spacial score (nSPS) is 11.0. The van der Waals surface area contributed by atoms with E-state index in [9.17, 15) is 14.4 Å². The highest BCUT2D eigenvalue weighted by atomic mass is 16.5. The average molecular weight is 460 g/mol. The lowest BCUT2D eigenvalue weighted by Crippen LogP contribution is -2.13. The van der Waals surface area contributed by atoms with E-state index in [-0.39, 0.29) is 5.92 Å². The molecule has 0 heterocycles. The SMILES string of the molecule is CCC(COC(=O)c1cc(OC)c(OC)c(OC)c1)c1ccccc1.O=C(O)/C=C\C(=O)O. The van der Waals surface area contributed by atoms with Gasteiger partial charge in [-0.3, -0.25) is 0 Å². The average Bonchev–Trinajstić information content (AvgIpc) is 2.83. The number of esters is 1. The predicted molar refractivity (Wildman–Crippen MR) is 120 cm³/mol. The summed E-state index contributed by atoms with van der Waals surface area (Å²) in [6, 6.07) is 13.2. The monoisotopic (exact) mass is 460 g/mol. The number of carbonyl (C=O) groups is 3. The van der Waals surface area contributed by atoms with Crippen LogP contribution in [0.5, 0.6) is 17.2 Å². The molecule has 0 bridgehead atoms. The molecule has 9 nitrogen and oxygen atoms in total. The van der Waals surface area contributed by atoms with Crippen molar-refractivity contribution in [2.75, 3.05) is 27.9 Å². The largest absolute Gasteiger partial charge is 0.493 e. The molecule has 0 aliphatic rings. The van der Waals surface area contributed by atoms with E-state index in [1.165, 1.54) is 21.3 Å². The first-order valence-electron chi connectivity index (χ1n) is 9.93. The minimum Gasteiger partial charge on any atom is -0.493 e. The summed E-state index contributed by atoms with van der Waals surface area (Å²) in [6.45, 7) is 2.39. The van der Waals surface area contributed by atoms with Crippen molar-refractivity contribution in [2.45, 2.75) is 19.3 Å². The molecule has 9 heteroatoms. The lowest BCUT2D eigenvalue weighted by Gasteiger charge is -2.17. The van der Waals surface area contributed by atoms with Gasteiger partial charge in [0.25, 0.3) is 0 Å². The van der Waals surface area contributed by atoms with Crippen molar-refractivity contribution in [3.05, 3.63) is 65.7 Å². The summed E-state index contributed by atoms with van der Waals surface area (Å²) in [7, 11) is 4.54. The number of hydrogen-bond acceptors (Lipinski definition) is 7. The second-order valence-corrected chi connectivity index (χ2v) is 6.54. The van der Waals surface area contributed by atoms with Gasteiger partial charge in [0, 0.05) is 18.1 Å². The minimum absolute atomic E-state index is 0.159. The molecule has 0 saturated carbocycles. The summed E-state index contributed by atoms with van der Waals surface area (Å²) < 4.78 is 21.3. The van der Waals surface area contributed by atoms with Crippen LogP contribution in [-0.4, -0.2) is 56.1 Å². The maximum atomic E-state index is 12.5. The van der Waals surface area contributed by atoms with Gasteiger partial charge in [-0.15, -0.1) is 0 Å². The Bertz CT molecular complexity index is 911. The van der Waals surface area contributed by atoms with Crippen molar-refractivity contribution >= 4 is 17.9 Å². The summed E-state index contributed by atoms with van der Waals surface area (Å²) in [6.07, 6.45) is 2.00. The van der Waals surface area contributed by atoms with Crippen LogP contribution in [-0.2, 0) is 14.3 Å². The number of carboxylic acids is 2. The number of carbonyl (C=O) groups excluding carboxylic acids is 1. The van der Waals surface area contributed by atoms with Crippen LogP contribution in [0.3, 0.4) is 0 Å². The molecule has 0 radical (unpaired) electrons. The summed E-state index contributed by atoms with van der Waals surface area (Å²) in [5.41, 5.74) is 1.51. The van der Waals surface area contributed by atoms with Crippen molar-refractivity contribution in [1.29, 1.82) is 0 Å². The fraction of sp³-hybridized carbons (Fsp3) is 0.292. The first-order valence-corrected chi connectivity index (χ1v) is 9.93. The maximum Gasteiger partial charge on any atom is 0.338 e. The summed E-state index contributed by atoms with van der Waals surface area (Å²) in [5.74, 6) is -1.49. The molecule has 0 aromatic heterocycles. The highest BCUT2D eigenvalue weighted by Crippen LogP contribution is 2.38. The van der Waals surface area contributed by atoms with E-state index in [0.717, 1.165) is 12.0 Å². The number of carboxylic acid groups (broad SMARTS) is 2. The summed E-state index contributed by atoms with van der Waals surface area (Å²) >= 11 is 0. The van der Waals surface area contributed by atoms with Gasteiger partial charge in [-0.1, -0.05) is 37.3 Å². The van der Waals surface area contributed by atoms with Crippen LogP contribution in [0.15, 0.2) is 54.6 Å². The number of ether oxygens (including phenoxy) is 4. The first-order chi connectivity index (χ1) is 15.8. The molecule has 0 aliphatic heterocycles. The van der Waals surface area contributed by atoms with Gasteiger partial charge in [0.1, 0.15) is 0 Å². The first kappa shape index (κ1) is 27.0. The molecule has 0 amide bonds. The highest BCUT2D eigenvalue weighted by molar-refractivity contribution is 5.91. The fourth-order valence-corrected chi connectivity index (χ4v) is 2.78. The van der Waals surface area contributed by atoms with E-state index >= 15 is 0 Å². The van der Waals surface area contributed by atoms with Crippen molar-refractivity contribution in [3.63, 3.8) is 0 Å². The lowest BCUT2D eigenvalue weighted by molar-refractivity contribution is -0.134. The molecule has 0 saturated heterocycles. The number of aliphatic carboxylic acids is 2. The van der Waals surface area contributed by atoms with Crippen LogP contribution in [0.2, 0.25) is 0 Å². The number of rotatable bonds is 10. The van der Waals surface area contributed by atoms with Gasteiger partial charge in [0.15, 0.2) is 11.5 Å². The van der Waals surface area contributed by atoms with E-state index in [4.69, 9.17) is 29.2 Å². The standard InChI is InChI=1S/C20H24O5.C4H4O4/c1-5-14(15-9-7-6-8-10-15)13-25-20(21)16-11-17(22-2)19(24-4)18(12-16)23-3;5-3(6)1-2-4(7)8/h6-12,14H,5,13H2,1-4H3;1-2H,(H,5,6)(H,7,8)/b;2-1-. The topological polar surface area (TPSA) is 129 Å². The number of hydrogen-bond donors (Lipinski definition) is 2. The van der Waals surface area contributed by atoms with Gasteiger partial charge in [0.2, 0.25) is 5.75 Å². The van der Waals surface area contributed by atoms with E-state index in [1.54, 1.807) is 12.1 Å². The van der Waals surface area contributed by atoms with Crippen LogP contribution >= 0.6 is 0 Å². The van der Waals surface area contributed by atoms with Gasteiger partial charge in [-0.2, -0.15) is 0 Å². The van der Waals surface area contributed by atoms with Gasteiger partial charge in [-0.05, 0) is 24.1 Å². The zero-order chi connectivity index (χ0) is 24.8. The van der Waals surface area contributed by atoms with Gasteiger partial charge < -0.3 is 29.2 Å². The van der Waals surface area contributed by atoms with E-state index in [1.807, 2.05) is 30.3 Å². The molecule has 2 N–H and O–H groups in total. The summed E-state index contributed by atoms with van der Waals surface area (Å²) in [4.78, 5) is 31.6. The van der Waals surface area contributed by atoms with Crippen LogP contribution in [0.25, 0.3) is 0 Å². The Hall–Kier alpha value is -4.01. The molecule has 33 heavy (non-hydrogen) atoms. The third-order valence-electron chi connectivity index (χ3n) is 4.45. The maximum absolute atomic E-state index is 12.5. The molecular weight excluding hydrogens is 432 g/mol. The Kier molecular flexibility index (Phi) is 11.6. The molecule has 1 unspecified atom stereocenters. The van der Waals surface area contributed by atoms with Crippen molar-refractivity contribution in [3.8, 4) is 17.2 Å². The second-order valence-electron chi connectivity index (χ2n) is 6.54. The van der Waals surface area contributed by atoms with Crippen molar-refractivity contribution in [1.82, 2.24) is 0 Å². The van der Waals surface area contributed by atoms with Gasteiger partial charge in [0.05, 0.1) is 33.5 Å². The Morgan fingerprint density at radius 2 is 1.39 bits per heavy atom. The molecule has 2 aromatic carbocycles. The second kappa shape index (κ2) is 14.1. The lowest BCUT2D eigenvalue weighted by atomic mass is 9.97. The van der Waals surface area contributed by atoms with Crippen LogP contribution in [0.4, 0.5) is 0 Å². The smallest absolute Gasteiger partial charge is 0.338 e. The molecule has 2 rings (SSSR count). The van der Waals surface area contributed by atoms with E-state index in [0.29, 0.717) is 41.6 Å². The Morgan fingerprint density at radius 1 is 0.879 bits per heavy atom. The van der Waals surface area contributed by atoms with Crippen LogP contribution in [0.1, 0.15) is 35.2 Å². The quantitative estimate of drug-likeness (QED) is 0.402. The molecule has 0 spiro atoms. The molecule has 0 aliphatic carbocycles. The van der Waals surface area contributed by atoms with Crippen molar-refractivity contribution < 1.29 is 43.5 Å². The predicted octanol–water partition coefficient (Wildman–Crippen LogP) is 3.77. The Labute approximate surface area is 192 Å². The molecule has 1 atom stereocenters. The minimum atomic E-state index is -1.26. The third-order valence-corrected chi connectivity index (χ3v) is 4.45. The zero-order valence-electron chi connectivity index (χ0n) is 18.9. The van der Waals surface area contributed by atoms with Crippen LogP contribution in [0, 0.1) is 0 Å². The molecule has 178 valence electrons. The number of benzene rings is 2. The van der Waals surface area contributed by atoms with Gasteiger partial charge >= 0.3 is 17.9 Å². The van der Waals surface area contributed by atoms with Gasteiger partial charge in [-0.25, -0.2) is 14.4 Å². The number of methoxy groups -OCH3 is 3. The van der Waals surface area contributed by atoms with E-state index in [2.05, 4.69) is 6.92 Å². The van der Waals surface area contributed by atoms with E-state index < -0.39 is 17.9 Å².